The minimum Gasteiger partial charge on any atom is -0.338 e. The summed E-state index contributed by atoms with van der Waals surface area (Å²) in [7, 11) is 0. The Bertz CT molecular complexity index is 714. The van der Waals surface area contributed by atoms with Crippen molar-refractivity contribution in [1.29, 1.82) is 0 Å². The van der Waals surface area contributed by atoms with Crippen LogP contribution in [-0.2, 0) is 9.59 Å². The van der Waals surface area contributed by atoms with Crippen molar-refractivity contribution in [2.24, 2.45) is 0 Å². The third-order valence-electron chi connectivity index (χ3n) is 3.66. The van der Waals surface area contributed by atoms with Crippen molar-refractivity contribution in [3.63, 3.8) is 0 Å². The van der Waals surface area contributed by atoms with Crippen molar-refractivity contribution in [1.82, 2.24) is 9.88 Å². The van der Waals surface area contributed by atoms with Gasteiger partial charge in [0.15, 0.2) is 0 Å². The minimum absolute atomic E-state index is 0.0304. The second-order valence-corrected chi connectivity index (χ2v) is 6.52. The molecule has 1 N–H and O–H groups in total. The molecule has 0 atom stereocenters. The summed E-state index contributed by atoms with van der Waals surface area (Å²) in [5.74, 6) is -0.157. The summed E-state index contributed by atoms with van der Waals surface area (Å²) in [5.41, 5.74) is 1.16. The van der Waals surface area contributed by atoms with Gasteiger partial charge in [0.05, 0.1) is 11.2 Å². The zero-order valence-corrected chi connectivity index (χ0v) is 14.1. The van der Waals surface area contributed by atoms with Crippen molar-refractivity contribution in [3.8, 4) is 0 Å². The van der Waals surface area contributed by atoms with Crippen LogP contribution < -0.4 is 5.32 Å². The van der Waals surface area contributed by atoms with Crippen LogP contribution in [-0.4, -0.2) is 33.8 Å². The first-order valence-corrected chi connectivity index (χ1v) is 7.71. The maximum Gasteiger partial charge on any atom is 0.226 e. The Morgan fingerprint density at radius 2 is 1.87 bits per heavy atom. The molecule has 1 aromatic heterocycles. The topological polar surface area (TPSA) is 62.3 Å². The van der Waals surface area contributed by atoms with Crippen molar-refractivity contribution < 1.29 is 9.59 Å². The fraction of sp³-hybridized carbons (Fsp3) is 0.389. The summed E-state index contributed by atoms with van der Waals surface area (Å²) >= 11 is 0. The van der Waals surface area contributed by atoms with E-state index in [-0.39, 0.29) is 23.8 Å². The van der Waals surface area contributed by atoms with Crippen LogP contribution in [0.3, 0.4) is 0 Å². The van der Waals surface area contributed by atoms with E-state index in [4.69, 9.17) is 0 Å². The third-order valence-corrected chi connectivity index (χ3v) is 3.66. The molecular formula is C18H23N3O2. The van der Waals surface area contributed by atoms with Crippen LogP contribution in [0.1, 0.15) is 34.1 Å². The predicted molar refractivity (Wildman–Crippen MR) is 92.1 cm³/mol. The number of para-hydroxylation sites is 1. The Hall–Kier alpha value is -2.43. The van der Waals surface area contributed by atoms with Gasteiger partial charge in [-0.2, -0.15) is 0 Å². The lowest BCUT2D eigenvalue weighted by Gasteiger charge is -2.34. The summed E-state index contributed by atoms with van der Waals surface area (Å²) in [6, 6.07) is 9.49. The van der Waals surface area contributed by atoms with Crippen LogP contribution in [0, 0.1) is 0 Å². The van der Waals surface area contributed by atoms with E-state index in [1.807, 2.05) is 51.1 Å². The Labute approximate surface area is 136 Å². The van der Waals surface area contributed by atoms with Crippen LogP contribution in [0.4, 0.5) is 5.69 Å². The highest BCUT2D eigenvalue weighted by atomic mass is 16.2. The fourth-order valence-electron chi connectivity index (χ4n) is 2.60. The number of benzene rings is 1. The fourth-order valence-corrected chi connectivity index (χ4v) is 2.60. The van der Waals surface area contributed by atoms with Crippen molar-refractivity contribution in [2.75, 3.05) is 11.9 Å². The molecule has 0 bridgehead atoms. The van der Waals surface area contributed by atoms with Gasteiger partial charge in [-0.3, -0.25) is 14.6 Å². The molecule has 0 aliphatic heterocycles. The van der Waals surface area contributed by atoms with E-state index in [0.717, 1.165) is 10.9 Å². The number of aromatic nitrogens is 1. The highest BCUT2D eigenvalue weighted by molar-refractivity contribution is 6.00. The Balaban J connectivity index is 2.06. The molecule has 2 aromatic rings. The molecule has 0 spiro atoms. The average molecular weight is 313 g/mol. The van der Waals surface area contributed by atoms with Crippen molar-refractivity contribution in [2.45, 2.75) is 39.7 Å². The van der Waals surface area contributed by atoms with E-state index in [9.17, 15) is 9.59 Å². The zero-order chi connectivity index (χ0) is 17.0. The zero-order valence-electron chi connectivity index (χ0n) is 14.1. The van der Waals surface area contributed by atoms with Gasteiger partial charge in [0, 0.05) is 37.0 Å². The van der Waals surface area contributed by atoms with Gasteiger partial charge < -0.3 is 10.2 Å². The van der Waals surface area contributed by atoms with Gasteiger partial charge in [-0.1, -0.05) is 18.2 Å². The number of anilines is 1. The summed E-state index contributed by atoms with van der Waals surface area (Å²) < 4.78 is 0. The molecule has 0 unspecified atom stereocenters. The lowest BCUT2D eigenvalue weighted by molar-refractivity contribution is -0.134. The first kappa shape index (κ1) is 16.9. The molecular weight excluding hydrogens is 290 g/mol. The number of amides is 2. The second-order valence-electron chi connectivity index (χ2n) is 6.52. The molecule has 0 saturated heterocycles. The number of carbonyl (C=O) groups is 2. The van der Waals surface area contributed by atoms with E-state index in [1.54, 1.807) is 11.1 Å². The Kier molecular flexibility index (Phi) is 4.98. The average Bonchev–Trinajstić information content (AvgIpc) is 2.46. The number of rotatable bonds is 4. The molecule has 2 rings (SSSR count). The molecule has 0 aliphatic carbocycles. The molecule has 0 radical (unpaired) electrons. The van der Waals surface area contributed by atoms with Crippen LogP contribution in [0.5, 0.6) is 0 Å². The van der Waals surface area contributed by atoms with E-state index in [0.29, 0.717) is 12.2 Å². The number of pyridine rings is 1. The molecule has 23 heavy (non-hydrogen) atoms. The van der Waals surface area contributed by atoms with Crippen molar-refractivity contribution in [3.05, 3.63) is 36.5 Å². The quantitative estimate of drug-likeness (QED) is 0.942. The lowest BCUT2D eigenvalue weighted by atomic mass is 10.1. The molecule has 2 amide bonds. The Morgan fingerprint density at radius 1 is 1.17 bits per heavy atom. The molecule has 1 heterocycles. The molecule has 0 saturated carbocycles. The van der Waals surface area contributed by atoms with Gasteiger partial charge in [-0.05, 0) is 32.9 Å². The van der Waals surface area contributed by atoms with Gasteiger partial charge in [0.1, 0.15) is 0 Å². The summed E-state index contributed by atoms with van der Waals surface area (Å²) in [6.45, 7) is 7.80. The smallest absolute Gasteiger partial charge is 0.226 e. The van der Waals surface area contributed by atoms with Crippen LogP contribution in [0.2, 0.25) is 0 Å². The number of fused-ring (bicyclic) bond motifs is 1. The van der Waals surface area contributed by atoms with Crippen LogP contribution in [0.15, 0.2) is 36.5 Å². The molecule has 0 aliphatic rings. The standard InChI is InChI=1S/C18H23N3O2/c1-13(22)21(18(2,3)4)12-10-16(23)20-15-9-5-7-14-8-6-11-19-17(14)15/h5-9,11H,10,12H2,1-4H3,(H,20,23). The number of hydrogen-bond donors (Lipinski definition) is 1. The number of nitrogens with one attached hydrogen (secondary N) is 1. The minimum atomic E-state index is -0.298. The maximum atomic E-state index is 12.2. The molecule has 1 aromatic carbocycles. The number of carbonyl (C=O) groups excluding carboxylic acids is 2. The Morgan fingerprint density at radius 3 is 2.52 bits per heavy atom. The molecule has 5 nitrogen and oxygen atoms in total. The maximum absolute atomic E-state index is 12.2. The van der Waals surface area contributed by atoms with E-state index >= 15 is 0 Å². The largest absolute Gasteiger partial charge is 0.338 e. The van der Waals surface area contributed by atoms with Gasteiger partial charge in [-0.25, -0.2) is 0 Å². The summed E-state index contributed by atoms with van der Waals surface area (Å²) in [6.07, 6.45) is 1.95. The SMILES string of the molecule is CC(=O)N(CCC(=O)Nc1cccc2cccnc12)C(C)(C)C. The molecule has 5 heteroatoms. The first-order valence-electron chi connectivity index (χ1n) is 7.71. The highest BCUT2D eigenvalue weighted by Gasteiger charge is 2.24. The van der Waals surface area contributed by atoms with Gasteiger partial charge in [0.25, 0.3) is 0 Å². The summed E-state index contributed by atoms with van der Waals surface area (Å²) in [4.78, 5) is 30.0. The summed E-state index contributed by atoms with van der Waals surface area (Å²) in [5, 5.41) is 3.87. The molecule has 122 valence electrons. The molecule has 0 fully saturated rings. The number of hydrogen-bond acceptors (Lipinski definition) is 3. The van der Waals surface area contributed by atoms with Gasteiger partial charge in [-0.15, -0.1) is 0 Å². The van der Waals surface area contributed by atoms with E-state index in [1.165, 1.54) is 6.92 Å². The van der Waals surface area contributed by atoms with E-state index < -0.39 is 0 Å². The van der Waals surface area contributed by atoms with E-state index in [2.05, 4.69) is 10.3 Å². The highest BCUT2D eigenvalue weighted by Crippen LogP contribution is 2.21. The van der Waals surface area contributed by atoms with Gasteiger partial charge >= 0.3 is 0 Å². The van der Waals surface area contributed by atoms with Crippen LogP contribution in [0.25, 0.3) is 10.9 Å². The number of nitrogens with zero attached hydrogens (tertiary/aromatic N) is 2. The first-order chi connectivity index (χ1) is 10.8. The van der Waals surface area contributed by atoms with Crippen LogP contribution >= 0.6 is 0 Å². The normalized spacial score (nSPS) is 11.3. The monoisotopic (exact) mass is 313 g/mol. The third kappa shape index (κ3) is 4.28. The van der Waals surface area contributed by atoms with Gasteiger partial charge in [0.2, 0.25) is 11.8 Å². The lowest BCUT2D eigenvalue weighted by Crippen LogP contribution is -2.45. The second kappa shape index (κ2) is 6.77. The predicted octanol–water partition coefficient (Wildman–Crippen LogP) is 3.21. The van der Waals surface area contributed by atoms with Crippen molar-refractivity contribution >= 4 is 28.4 Å².